The molecular weight excluding hydrogens is 388 g/mol. The van der Waals surface area contributed by atoms with Gasteiger partial charge < -0.3 is 0 Å². The molecule has 0 bridgehead atoms. The molecule has 0 heterocycles. The van der Waals surface area contributed by atoms with Crippen LogP contribution in [0.3, 0.4) is 0 Å². The van der Waals surface area contributed by atoms with Gasteiger partial charge in [-0.1, -0.05) is 97.1 Å². The number of nitriles is 2. The Morgan fingerprint density at radius 3 is 1.34 bits per heavy atom. The first kappa shape index (κ1) is 20.6. The smallest absolute Gasteiger partial charge is 0.0991 e. The second kappa shape index (κ2) is 9.90. The molecule has 0 saturated heterocycles. The van der Waals surface area contributed by atoms with Gasteiger partial charge in [0.2, 0.25) is 0 Å². The first-order chi connectivity index (χ1) is 15.7. The molecule has 0 unspecified atom stereocenters. The Bertz CT molecular complexity index is 1340. The summed E-state index contributed by atoms with van der Waals surface area (Å²) in [7, 11) is 0. The summed E-state index contributed by atoms with van der Waals surface area (Å²) in [4.78, 5) is 0. The van der Waals surface area contributed by atoms with Crippen molar-refractivity contribution in [2.75, 3.05) is 0 Å². The number of rotatable bonds is 5. The third-order valence-electron chi connectivity index (χ3n) is 5.15. The maximum Gasteiger partial charge on any atom is 0.0991 e. The van der Waals surface area contributed by atoms with Crippen LogP contribution in [0.15, 0.2) is 97.1 Å². The fraction of sp³-hybridized carbons (Fsp3) is 0. The minimum atomic E-state index is 0.665. The molecule has 0 aliphatic heterocycles. The van der Waals surface area contributed by atoms with Crippen LogP contribution in [0.1, 0.15) is 33.4 Å². The van der Waals surface area contributed by atoms with Gasteiger partial charge in [0.1, 0.15) is 0 Å². The highest BCUT2D eigenvalue weighted by Gasteiger charge is 1.98. The van der Waals surface area contributed by atoms with E-state index in [0.29, 0.717) is 11.1 Å². The van der Waals surface area contributed by atoms with Crippen LogP contribution in [0.4, 0.5) is 0 Å². The van der Waals surface area contributed by atoms with Gasteiger partial charge in [0.15, 0.2) is 0 Å². The van der Waals surface area contributed by atoms with Gasteiger partial charge in [-0.15, -0.1) is 0 Å². The third kappa shape index (κ3) is 5.28. The van der Waals surface area contributed by atoms with E-state index in [1.807, 2.05) is 54.6 Å². The normalized spacial score (nSPS) is 10.8. The molecular formula is C30H20N2. The quantitative estimate of drug-likeness (QED) is 0.322. The molecule has 0 saturated carbocycles. The summed E-state index contributed by atoms with van der Waals surface area (Å²) < 4.78 is 0. The summed E-state index contributed by atoms with van der Waals surface area (Å²) in [5.74, 6) is 0. The fourth-order valence-corrected chi connectivity index (χ4v) is 3.34. The molecule has 0 aliphatic rings. The van der Waals surface area contributed by atoms with Crippen molar-refractivity contribution in [3.63, 3.8) is 0 Å². The average Bonchev–Trinajstić information content (AvgIpc) is 2.87. The van der Waals surface area contributed by atoms with Gasteiger partial charge >= 0.3 is 0 Å². The topological polar surface area (TPSA) is 47.6 Å². The molecule has 0 aromatic heterocycles. The zero-order valence-corrected chi connectivity index (χ0v) is 17.4. The lowest BCUT2D eigenvalue weighted by molar-refractivity contribution is 1.48. The average molecular weight is 409 g/mol. The van der Waals surface area contributed by atoms with Gasteiger partial charge in [-0.25, -0.2) is 0 Å². The molecule has 0 atom stereocenters. The first-order valence-corrected chi connectivity index (χ1v) is 10.3. The monoisotopic (exact) mass is 408 g/mol. The SMILES string of the molecule is N#Cc1ccc(/C=C/c2ccc(-c3ccc(/C=C/c4cccc(C#N)c4)cc3)cc2)cc1. The number of hydrogen-bond acceptors (Lipinski definition) is 2. The Kier molecular flexibility index (Phi) is 6.37. The van der Waals surface area contributed by atoms with Gasteiger partial charge in [0.25, 0.3) is 0 Å². The molecule has 150 valence electrons. The lowest BCUT2D eigenvalue weighted by Crippen LogP contribution is -1.80. The van der Waals surface area contributed by atoms with Crippen molar-refractivity contribution >= 4 is 24.3 Å². The first-order valence-electron chi connectivity index (χ1n) is 10.3. The lowest BCUT2D eigenvalue weighted by atomic mass is 10.0. The van der Waals surface area contributed by atoms with Crippen LogP contribution in [0, 0.1) is 22.7 Å². The standard InChI is InChI=1S/C30H20N2/c31-21-27-10-7-23(8-11-27)4-5-24-12-16-29(17-13-24)30-18-14-25(15-19-30)6-9-26-2-1-3-28(20-26)22-32/h1-20H/b5-4+,9-6+. The van der Waals surface area contributed by atoms with E-state index in [2.05, 4.69) is 72.8 Å². The van der Waals surface area contributed by atoms with Crippen molar-refractivity contribution < 1.29 is 0 Å². The summed E-state index contributed by atoms with van der Waals surface area (Å²) in [5.41, 5.74) is 7.97. The molecule has 0 N–H and O–H groups in total. The maximum absolute atomic E-state index is 9.02. The van der Waals surface area contributed by atoms with Crippen LogP contribution < -0.4 is 0 Å². The summed E-state index contributed by atoms with van der Waals surface area (Å²) in [5, 5.41) is 17.9. The molecule has 0 spiro atoms. The number of hydrogen-bond donors (Lipinski definition) is 0. The molecule has 0 fully saturated rings. The van der Waals surface area contributed by atoms with Gasteiger partial charge in [-0.2, -0.15) is 10.5 Å². The van der Waals surface area contributed by atoms with E-state index in [9.17, 15) is 0 Å². The van der Waals surface area contributed by atoms with E-state index in [1.54, 1.807) is 6.07 Å². The van der Waals surface area contributed by atoms with Gasteiger partial charge in [0.05, 0.1) is 23.3 Å². The van der Waals surface area contributed by atoms with Crippen LogP contribution in [0.25, 0.3) is 35.4 Å². The Hall–Kier alpha value is -4.66. The largest absolute Gasteiger partial charge is 0.192 e. The molecule has 2 heteroatoms. The molecule has 0 radical (unpaired) electrons. The molecule has 0 amide bonds. The Morgan fingerprint density at radius 1 is 0.438 bits per heavy atom. The van der Waals surface area contributed by atoms with Crippen LogP contribution in [0.2, 0.25) is 0 Å². The third-order valence-corrected chi connectivity index (χ3v) is 5.15. The summed E-state index contributed by atoms with van der Waals surface area (Å²) >= 11 is 0. The molecule has 0 aliphatic carbocycles. The van der Waals surface area contributed by atoms with Crippen molar-refractivity contribution in [1.82, 2.24) is 0 Å². The van der Waals surface area contributed by atoms with Crippen LogP contribution in [-0.4, -0.2) is 0 Å². The van der Waals surface area contributed by atoms with E-state index >= 15 is 0 Å². The van der Waals surface area contributed by atoms with Crippen LogP contribution in [0.5, 0.6) is 0 Å². The molecule has 4 rings (SSSR count). The van der Waals surface area contributed by atoms with Crippen molar-refractivity contribution in [2.45, 2.75) is 0 Å². The molecule has 4 aromatic carbocycles. The lowest BCUT2D eigenvalue weighted by Gasteiger charge is -2.04. The predicted octanol–water partition coefficient (Wildman–Crippen LogP) is 7.44. The van der Waals surface area contributed by atoms with E-state index in [-0.39, 0.29) is 0 Å². The Morgan fingerprint density at radius 2 is 0.875 bits per heavy atom. The van der Waals surface area contributed by atoms with E-state index in [0.717, 1.165) is 33.4 Å². The molecule has 4 aromatic rings. The van der Waals surface area contributed by atoms with Gasteiger partial charge in [-0.05, 0) is 57.6 Å². The summed E-state index contributed by atoms with van der Waals surface area (Å²) in [6.07, 6.45) is 8.19. The van der Waals surface area contributed by atoms with Crippen molar-refractivity contribution in [1.29, 1.82) is 10.5 Å². The van der Waals surface area contributed by atoms with Crippen molar-refractivity contribution in [2.24, 2.45) is 0 Å². The zero-order chi connectivity index (χ0) is 22.2. The highest BCUT2D eigenvalue weighted by molar-refractivity contribution is 5.74. The van der Waals surface area contributed by atoms with Crippen LogP contribution in [-0.2, 0) is 0 Å². The van der Waals surface area contributed by atoms with E-state index in [4.69, 9.17) is 10.5 Å². The minimum absolute atomic E-state index is 0.665. The van der Waals surface area contributed by atoms with Gasteiger partial charge in [0, 0.05) is 0 Å². The van der Waals surface area contributed by atoms with E-state index in [1.165, 1.54) is 0 Å². The second-order valence-corrected chi connectivity index (χ2v) is 7.38. The number of benzene rings is 4. The highest BCUT2D eigenvalue weighted by atomic mass is 14.2. The Labute approximate surface area is 188 Å². The molecule has 2 nitrogen and oxygen atoms in total. The summed E-state index contributed by atoms with van der Waals surface area (Å²) in [6.45, 7) is 0. The van der Waals surface area contributed by atoms with Crippen molar-refractivity contribution in [3.8, 4) is 23.3 Å². The molecule has 32 heavy (non-hydrogen) atoms. The maximum atomic E-state index is 9.02. The van der Waals surface area contributed by atoms with Gasteiger partial charge in [-0.3, -0.25) is 0 Å². The summed E-state index contributed by atoms with van der Waals surface area (Å²) in [6, 6.07) is 36.3. The van der Waals surface area contributed by atoms with Crippen LogP contribution >= 0.6 is 0 Å². The Balaban J connectivity index is 1.42. The van der Waals surface area contributed by atoms with E-state index < -0.39 is 0 Å². The predicted molar refractivity (Wildman–Crippen MR) is 132 cm³/mol. The minimum Gasteiger partial charge on any atom is -0.192 e. The second-order valence-electron chi connectivity index (χ2n) is 7.38. The zero-order valence-electron chi connectivity index (χ0n) is 17.4. The number of nitrogens with zero attached hydrogens (tertiary/aromatic N) is 2. The van der Waals surface area contributed by atoms with Crippen molar-refractivity contribution in [3.05, 3.63) is 130 Å². The fourth-order valence-electron chi connectivity index (χ4n) is 3.34. The highest BCUT2D eigenvalue weighted by Crippen LogP contribution is 2.22.